The Morgan fingerprint density at radius 2 is 2.29 bits per heavy atom. The summed E-state index contributed by atoms with van der Waals surface area (Å²) < 4.78 is 10.9. The first-order chi connectivity index (χ1) is 10.1. The lowest BCUT2D eigenvalue weighted by atomic mass is 10.0. The Labute approximate surface area is 126 Å². The van der Waals surface area contributed by atoms with Gasteiger partial charge in [-0.1, -0.05) is 6.07 Å². The number of aryl methyl sites for hydroxylation is 1. The molecule has 0 saturated carbocycles. The molecule has 1 heterocycles. The number of carbonyl (C=O) groups excluding carboxylic acids is 1. The number of amides is 1. The second-order valence-electron chi connectivity index (χ2n) is 5.45. The van der Waals surface area contributed by atoms with Gasteiger partial charge in [0.2, 0.25) is 0 Å². The van der Waals surface area contributed by atoms with Gasteiger partial charge in [0.25, 0.3) is 5.91 Å². The average Bonchev–Trinajstić information content (AvgIpc) is 2.95. The lowest BCUT2D eigenvalue weighted by molar-refractivity contribution is -0.0148. The van der Waals surface area contributed by atoms with E-state index in [-0.39, 0.29) is 5.91 Å². The zero-order chi connectivity index (χ0) is 15.3. The van der Waals surface area contributed by atoms with E-state index in [9.17, 15) is 4.79 Å². The lowest BCUT2D eigenvalue weighted by Gasteiger charge is -2.26. The molecule has 2 N–H and O–H groups in total. The van der Waals surface area contributed by atoms with Crippen molar-refractivity contribution < 1.29 is 14.3 Å². The van der Waals surface area contributed by atoms with E-state index in [4.69, 9.17) is 9.47 Å². The highest BCUT2D eigenvalue weighted by Crippen LogP contribution is 2.22. The first-order valence-electron chi connectivity index (χ1n) is 7.36. The van der Waals surface area contributed by atoms with Crippen LogP contribution in [0, 0.1) is 6.92 Å². The third-order valence-corrected chi connectivity index (χ3v) is 3.86. The molecule has 116 valence electrons. The molecule has 0 radical (unpaired) electrons. The van der Waals surface area contributed by atoms with Gasteiger partial charge in [-0.25, -0.2) is 0 Å². The molecule has 1 aliphatic heterocycles. The Morgan fingerprint density at radius 1 is 1.48 bits per heavy atom. The van der Waals surface area contributed by atoms with Crippen LogP contribution in [0.25, 0.3) is 0 Å². The van der Waals surface area contributed by atoms with Crippen molar-refractivity contribution in [2.75, 3.05) is 38.7 Å². The molecule has 1 unspecified atom stereocenters. The van der Waals surface area contributed by atoms with Crippen LogP contribution in [0.3, 0.4) is 0 Å². The number of benzene rings is 1. The van der Waals surface area contributed by atoms with Crippen molar-refractivity contribution in [2.45, 2.75) is 25.9 Å². The SMILES string of the molecule is CCNc1cc(C)ccc1C(=O)NCC1(OC)CCOC1. The van der Waals surface area contributed by atoms with Crippen molar-refractivity contribution in [2.24, 2.45) is 0 Å². The second-order valence-corrected chi connectivity index (χ2v) is 5.45. The predicted molar refractivity (Wildman–Crippen MR) is 82.9 cm³/mol. The monoisotopic (exact) mass is 292 g/mol. The largest absolute Gasteiger partial charge is 0.385 e. The summed E-state index contributed by atoms with van der Waals surface area (Å²) in [5, 5.41) is 6.20. The minimum Gasteiger partial charge on any atom is -0.385 e. The summed E-state index contributed by atoms with van der Waals surface area (Å²) in [7, 11) is 1.66. The van der Waals surface area contributed by atoms with Crippen molar-refractivity contribution >= 4 is 11.6 Å². The number of ether oxygens (including phenoxy) is 2. The molecule has 0 aliphatic carbocycles. The third kappa shape index (κ3) is 3.74. The topological polar surface area (TPSA) is 59.6 Å². The molecule has 0 spiro atoms. The summed E-state index contributed by atoms with van der Waals surface area (Å²) in [4.78, 5) is 12.4. The van der Waals surface area contributed by atoms with Crippen LogP contribution in [-0.4, -0.2) is 44.9 Å². The lowest BCUT2D eigenvalue weighted by Crippen LogP contribution is -2.45. The third-order valence-electron chi connectivity index (χ3n) is 3.86. The maximum absolute atomic E-state index is 12.4. The van der Waals surface area contributed by atoms with Gasteiger partial charge < -0.3 is 20.1 Å². The Morgan fingerprint density at radius 3 is 2.90 bits per heavy atom. The van der Waals surface area contributed by atoms with Gasteiger partial charge in [-0.15, -0.1) is 0 Å². The van der Waals surface area contributed by atoms with Crippen LogP contribution < -0.4 is 10.6 Å². The fourth-order valence-electron chi connectivity index (χ4n) is 2.49. The van der Waals surface area contributed by atoms with Crippen LogP contribution in [0.2, 0.25) is 0 Å². The molecule has 1 fully saturated rings. The van der Waals surface area contributed by atoms with Gasteiger partial charge in [0.15, 0.2) is 0 Å². The molecule has 0 aromatic heterocycles. The van der Waals surface area contributed by atoms with Gasteiger partial charge in [0.05, 0.1) is 12.2 Å². The highest BCUT2D eigenvalue weighted by molar-refractivity contribution is 5.99. The Bertz CT molecular complexity index is 496. The minimum absolute atomic E-state index is 0.0886. The number of nitrogens with one attached hydrogen (secondary N) is 2. The molecule has 5 nitrogen and oxygen atoms in total. The smallest absolute Gasteiger partial charge is 0.253 e. The Balaban J connectivity index is 2.06. The molecule has 1 aromatic carbocycles. The Hall–Kier alpha value is -1.59. The normalized spacial score (nSPS) is 21.3. The molecular weight excluding hydrogens is 268 g/mol. The standard InChI is InChI=1S/C16H24N2O3/c1-4-17-14-9-12(2)5-6-13(14)15(19)18-10-16(20-3)7-8-21-11-16/h5-6,9,17H,4,7-8,10-11H2,1-3H3,(H,18,19). The number of methoxy groups -OCH3 is 1. The molecule has 1 atom stereocenters. The molecule has 1 aromatic rings. The van der Waals surface area contributed by atoms with E-state index in [1.54, 1.807) is 7.11 Å². The molecule has 1 saturated heterocycles. The van der Waals surface area contributed by atoms with Crippen molar-refractivity contribution in [1.29, 1.82) is 0 Å². The molecule has 5 heteroatoms. The van der Waals surface area contributed by atoms with E-state index in [0.29, 0.717) is 25.3 Å². The fraction of sp³-hybridized carbons (Fsp3) is 0.562. The van der Waals surface area contributed by atoms with Crippen LogP contribution in [-0.2, 0) is 9.47 Å². The maximum Gasteiger partial charge on any atom is 0.253 e. The molecule has 1 aliphatic rings. The summed E-state index contributed by atoms with van der Waals surface area (Å²) in [6.07, 6.45) is 0.803. The molecule has 2 rings (SSSR count). The van der Waals surface area contributed by atoms with Gasteiger partial charge in [-0.05, 0) is 31.5 Å². The summed E-state index contributed by atoms with van der Waals surface area (Å²) >= 11 is 0. The predicted octanol–water partition coefficient (Wildman–Crippen LogP) is 1.96. The molecule has 1 amide bonds. The Kier molecular flexibility index (Phi) is 5.20. The molecule has 21 heavy (non-hydrogen) atoms. The summed E-state index contributed by atoms with van der Waals surface area (Å²) in [5.74, 6) is -0.0886. The van der Waals surface area contributed by atoms with Crippen molar-refractivity contribution in [3.05, 3.63) is 29.3 Å². The van der Waals surface area contributed by atoms with Crippen LogP contribution in [0.4, 0.5) is 5.69 Å². The van der Waals surface area contributed by atoms with Crippen molar-refractivity contribution in [3.8, 4) is 0 Å². The van der Waals surface area contributed by atoms with E-state index >= 15 is 0 Å². The van der Waals surface area contributed by atoms with Gasteiger partial charge in [-0.2, -0.15) is 0 Å². The number of carbonyl (C=O) groups is 1. The van der Waals surface area contributed by atoms with E-state index in [1.807, 2.05) is 32.0 Å². The van der Waals surface area contributed by atoms with Gasteiger partial charge in [0.1, 0.15) is 5.60 Å². The van der Waals surface area contributed by atoms with Gasteiger partial charge >= 0.3 is 0 Å². The van der Waals surface area contributed by atoms with Crippen molar-refractivity contribution in [3.63, 3.8) is 0 Å². The van der Waals surface area contributed by atoms with Crippen LogP contribution >= 0.6 is 0 Å². The zero-order valence-electron chi connectivity index (χ0n) is 13.0. The average molecular weight is 292 g/mol. The van der Waals surface area contributed by atoms with Crippen molar-refractivity contribution in [1.82, 2.24) is 5.32 Å². The molecule has 0 bridgehead atoms. The zero-order valence-corrected chi connectivity index (χ0v) is 13.0. The molecular formula is C16H24N2O3. The van der Waals surface area contributed by atoms with Crippen LogP contribution in [0.5, 0.6) is 0 Å². The van der Waals surface area contributed by atoms with E-state index in [1.165, 1.54) is 0 Å². The van der Waals surface area contributed by atoms with Crippen LogP contribution in [0.1, 0.15) is 29.3 Å². The maximum atomic E-state index is 12.4. The first kappa shape index (κ1) is 15.8. The van der Waals surface area contributed by atoms with E-state index < -0.39 is 5.60 Å². The van der Waals surface area contributed by atoms with Gasteiger partial charge in [-0.3, -0.25) is 4.79 Å². The summed E-state index contributed by atoms with van der Waals surface area (Å²) in [6.45, 7) is 6.47. The first-order valence-corrected chi connectivity index (χ1v) is 7.36. The fourth-order valence-corrected chi connectivity index (χ4v) is 2.49. The van der Waals surface area contributed by atoms with Crippen LogP contribution in [0.15, 0.2) is 18.2 Å². The summed E-state index contributed by atoms with van der Waals surface area (Å²) in [6, 6.07) is 5.79. The van der Waals surface area contributed by atoms with E-state index in [0.717, 1.165) is 24.2 Å². The highest BCUT2D eigenvalue weighted by Gasteiger charge is 2.35. The number of hydrogen-bond donors (Lipinski definition) is 2. The number of hydrogen-bond acceptors (Lipinski definition) is 4. The number of rotatable bonds is 6. The number of anilines is 1. The quantitative estimate of drug-likeness (QED) is 0.841. The van der Waals surface area contributed by atoms with E-state index in [2.05, 4.69) is 10.6 Å². The summed E-state index contributed by atoms with van der Waals surface area (Å²) in [5.41, 5.74) is 2.26. The second kappa shape index (κ2) is 6.91. The highest BCUT2D eigenvalue weighted by atomic mass is 16.5. The van der Waals surface area contributed by atoms with Gasteiger partial charge in [0, 0.05) is 38.9 Å². The minimum atomic E-state index is -0.390.